The van der Waals surface area contributed by atoms with E-state index in [9.17, 15) is 22.8 Å². The van der Waals surface area contributed by atoms with E-state index in [1.54, 1.807) is 18.2 Å². The Kier molecular flexibility index (Phi) is 5.81. The summed E-state index contributed by atoms with van der Waals surface area (Å²) in [6.45, 7) is -0.593. The molecule has 1 aliphatic heterocycles. The van der Waals surface area contributed by atoms with E-state index >= 15 is 0 Å². The number of anilines is 1. The lowest BCUT2D eigenvalue weighted by Crippen LogP contribution is -2.45. The molecule has 2 aromatic carbocycles. The fraction of sp³-hybridized carbons (Fsp3) is 0.417. The highest BCUT2D eigenvalue weighted by atomic mass is 35.5. The van der Waals surface area contributed by atoms with E-state index in [1.165, 1.54) is 4.90 Å². The Morgan fingerprint density at radius 2 is 1.74 bits per heavy atom. The standard InChI is InChI=1S/C24H20Cl3F3N2O2/c25-17-8-14(9-18(26)21(17)27)23(24(28,29)30)10-20(33)32(11-23)15-4-5-16-13(7-15)3-6-19(16)31-22(34)12-1-2-12/h4-5,7-9,12,19H,1-3,6,10-11H2,(H,31,34). The average Bonchev–Trinajstić information content (AvgIpc) is 3.46. The maximum Gasteiger partial charge on any atom is 0.400 e. The molecule has 4 nitrogen and oxygen atoms in total. The summed E-state index contributed by atoms with van der Waals surface area (Å²) < 4.78 is 43.4. The zero-order valence-electron chi connectivity index (χ0n) is 17.8. The van der Waals surface area contributed by atoms with E-state index in [0.717, 1.165) is 42.5 Å². The number of carbonyl (C=O) groups is 2. The van der Waals surface area contributed by atoms with E-state index < -0.39 is 30.5 Å². The van der Waals surface area contributed by atoms with Crippen molar-refractivity contribution >= 4 is 52.3 Å². The van der Waals surface area contributed by atoms with Crippen LogP contribution in [0.1, 0.15) is 48.4 Å². The Morgan fingerprint density at radius 3 is 2.35 bits per heavy atom. The van der Waals surface area contributed by atoms with Gasteiger partial charge in [0.25, 0.3) is 0 Å². The lowest BCUT2D eigenvalue weighted by Gasteiger charge is -2.32. The normalized spacial score (nSPS) is 24.5. The molecule has 0 radical (unpaired) electrons. The molecule has 3 aliphatic rings. The highest BCUT2D eigenvalue weighted by Crippen LogP contribution is 2.51. The minimum Gasteiger partial charge on any atom is -0.349 e. The van der Waals surface area contributed by atoms with Gasteiger partial charge in [0.05, 0.1) is 21.1 Å². The lowest BCUT2D eigenvalue weighted by atomic mass is 9.78. The monoisotopic (exact) mass is 530 g/mol. The molecule has 0 spiro atoms. The zero-order valence-corrected chi connectivity index (χ0v) is 20.1. The molecule has 10 heteroatoms. The van der Waals surface area contributed by atoms with Crippen LogP contribution >= 0.6 is 34.8 Å². The van der Waals surface area contributed by atoms with Crippen LogP contribution in [-0.2, 0) is 21.4 Å². The van der Waals surface area contributed by atoms with Crippen LogP contribution in [0.2, 0.25) is 15.1 Å². The number of alkyl halides is 3. The van der Waals surface area contributed by atoms with E-state index in [4.69, 9.17) is 34.8 Å². The second kappa shape index (κ2) is 8.32. The van der Waals surface area contributed by atoms with Gasteiger partial charge in [-0.15, -0.1) is 0 Å². The predicted octanol–water partition coefficient (Wildman–Crippen LogP) is 6.40. The maximum atomic E-state index is 14.5. The number of halogens is 6. The van der Waals surface area contributed by atoms with Gasteiger partial charge in [-0.3, -0.25) is 9.59 Å². The lowest BCUT2D eigenvalue weighted by molar-refractivity contribution is -0.185. The second-order valence-electron chi connectivity index (χ2n) is 9.25. The Hall–Kier alpha value is -1.96. The second-order valence-corrected chi connectivity index (χ2v) is 10.4. The van der Waals surface area contributed by atoms with Crippen LogP contribution in [0, 0.1) is 5.92 Å². The molecule has 34 heavy (non-hydrogen) atoms. The zero-order chi connectivity index (χ0) is 24.4. The molecular weight excluding hydrogens is 512 g/mol. The molecule has 5 rings (SSSR count). The van der Waals surface area contributed by atoms with Gasteiger partial charge in [-0.2, -0.15) is 13.2 Å². The molecule has 1 N–H and O–H groups in total. The molecule has 2 amide bonds. The smallest absolute Gasteiger partial charge is 0.349 e. The number of carbonyl (C=O) groups excluding carboxylic acids is 2. The first-order valence-corrected chi connectivity index (χ1v) is 12.1. The van der Waals surface area contributed by atoms with Crippen molar-refractivity contribution in [3.8, 4) is 0 Å². The third-order valence-electron chi connectivity index (χ3n) is 7.04. The van der Waals surface area contributed by atoms with Gasteiger partial charge in [0.2, 0.25) is 11.8 Å². The van der Waals surface area contributed by atoms with Gasteiger partial charge < -0.3 is 10.2 Å². The number of nitrogens with one attached hydrogen (secondary N) is 1. The Bertz CT molecular complexity index is 1180. The first kappa shape index (κ1) is 23.8. The molecule has 1 heterocycles. The molecule has 0 aromatic heterocycles. The fourth-order valence-electron chi connectivity index (χ4n) is 4.94. The van der Waals surface area contributed by atoms with Crippen LogP contribution in [0.3, 0.4) is 0 Å². The first-order chi connectivity index (χ1) is 16.0. The summed E-state index contributed by atoms with van der Waals surface area (Å²) in [5, 5.41) is 2.82. The number of amides is 2. The van der Waals surface area contributed by atoms with E-state index in [0.29, 0.717) is 12.1 Å². The molecule has 2 unspecified atom stereocenters. The van der Waals surface area contributed by atoms with Gasteiger partial charge in [0, 0.05) is 24.6 Å². The van der Waals surface area contributed by atoms with Crippen LogP contribution in [0.5, 0.6) is 0 Å². The summed E-state index contributed by atoms with van der Waals surface area (Å²) >= 11 is 18.0. The maximum absolute atomic E-state index is 14.5. The molecule has 1 saturated heterocycles. The first-order valence-electron chi connectivity index (χ1n) is 11.0. The highest BCUT2D eigenvalue weighted by molar-refractivity contribution is 6.48. The quantitative estimate of drug-likeness (QED) is 0.464. The largest absolute Gasteiger partial charge is 0.400 e. The predicted molar refractivity (Wildman–Crippen MR) is 125 cm³/mol. The van der Waals surface area contributed by atoms with Crippen LogP contribution in [-0.4, -0.2) is 24.5 Å². The molecular formula is C24H20Cl3F3N2O2. The number of nitrogens with zero attached hydrogens (tertiary/aromatic N) is 1. The summed E-state index contributed by atoms with van der Waals surface area (Å²) in [5.41, 5.74) is -0.396. The van der Waals surface area contributed by atoms with Crippen LogP contribution in [0.25, 0.3) is 0 Å². The average molecular weight is 532 g/mol. The van der Waals surface area contributed by atoms with Gasteiger partial charge in [-0.25, -0.2) is 0 Å². The minimum atomic E-state index is -4.73. The van der Waals surface area contributed by atoms with Gasteiger partial charge in [-0.05, 0) is 66.6 Å². The van der Waals surface area contributed by atoms with Crippen molar-refractivity contribution in [2.24, 2.45) is 5.92 Å². The van der Waals surface area contributed by atoms with E-state index in [-0.39, 0.29) is 38.5 Å². The van der Waals surface area contributed by atoms with Gasteiger partial charge >= 0.3 is 6.18 Å². The summed E-state index contributed by atoms with van der Waals surface area (Å²) in [6, 6.07) is 7.36. The van der Waals surface area contributed by atoms with Gasteiger partial charge in [0.15, 0.2) is 0 Å². The SMILES string of the molecule is O=C(NC1CCc2cc(N3CC(c4cc(Cl)c(Cl)c(Cl)c4)(C(F)(F)F)CC3=O)ccc21)C1CC1. The van der Waals surface area contributed by atoms with Crippen molar-refractivity contribution in [2.75, 3.05) is 11.4 Å². The highest BCUT2D eigenvalue weighted by Gasteiger charge is 2.62. The third kappa shape index (κ3) is 3.95. The van der Waals surface area contributed by atoms with Crippen molar-refractivity contribution in [1.82, 2.24) is 5.32 Å². The molecule has 2 atom stereocenters. The van der Waals surface area contributed by atoms with Crippen LogP contribution < -0.4 is 10.2 Å². The van der Waals surface area contributed by atoms with Crippen LogP contribution in [0.15, 0.2) is 30.3 Å². The Labute approximate surface area is 209 Å². The fourth-order valence-corrected chi connectivity index (χ4v) is 5.53. The molecule has 0 bridgehead atoms. The molecule has 2 aromatic rings. The van der Waals surface area contributed by atoms with Crippen molar-refractivity contribution in [3.63, 3.8) is 0 Å². The summed E-state index contributed by atoms with van der Waals surface area (Å²) in [4.78, 5) is 26.2. The van der Waals surface area contributed by atoms with E-state index in [2.05, 4.69) is 5.32 Å². The summed E-state index contributed by atoms with van der Waals surface area (Å²) in [5.74, 6) is -0.501. The number of rotatable bonds is 4. The summed E-state index contributed by atoms with van der Waals surface area (Å²) in [7, 11) is 0. The number of hydrogen-bond donors (Lipinski definition) is 1. The molecule has 1 saturated carbocycles. The topological polar surface area (TPSA) is 49.4 Å². The summed E-state index contributed by atoms with van der Waals surface area (Å²) in [6.07, 6.45) is -2.28. The Morgan fingerprint density at radius 1 is 1.06 bits per heavy atom. The molecule has 2 fully saturated rings. The number of fused-ring (bicyclic) bond motifs is 1. The van der Waals surface area contributed by atoms with E-state index in [1.807, 2.05) is 0 Å². The number of hydrogen-bond acceptors (Lipinski definition) is 2. The molecule has 2 aliphatic carbocycles. The third-order valence-corrected chi connectivity index (χ3v) is 8.24. The van der Waals surface area contributed by atoms with Crippen molar-refractivity contribution < 1.29 is 22.8 Å². The number of aryl methyl sites for hydroxylation is 1. The van der Waals surface area contributed by atoms with Crippen LogP contribution in [0.4, 0.5) is 18.9 Å². The number of benzene rings is 2. The Balaban J connectivity index is 1.45. The van der Waals surface area contributed by atoms with Crippen molar-refractivity contribution in [3.05, 3.63) is 62.1 Å². The minimum absolute atomic E-state index is 0.0347. The van der Waals surface area contributed by atoms with Gasteiger partial charge in [0.1, 0.15) is 5.41 Å². The van der Waals surface area contributed by atoms with Crippen molar-refractivity contribution in [2.45, 2.75) is 49.7 Å². The van der Waals surface area contributed by atoms with Crippen molar-refractivity contribution in [1.29, 1.82) is 0 Å². The molecule has 180 valence electrons. The van der Waals surface area contributed by atoms with Gasteiger partial charge in [-0.1, -0.05) is 40.9 Å².